The van der Waals surface area contributed by atoms with E-state index in [0.29, 0.717) is 11.4 Å². The Labute approximate surface area is 68.4 Å². The normalized spacial score (nSPS) is 34.8. The van der Waals surface area contributed by atoms with Gasteiger partial charge in [0.05, 0.1) is 0 Å². The van der Waals surface area contributed by atoms with Crippen molar-refractivity contribution in [3.8, 4) is 0 Å². The van der Waals surface area contributed by atoms with Crippen LogP contribution in [0, 0.1) is 0 Å². The summed E-state index contributed by atoms with van der Waals surface area (Å²) in [4.78, 5) is 2.25. The molecule has 0 heterocycles. The number of alkyl halides is 1. The Morgan fingerprint density at radius 3 is 2.20 bits per heavy atom. The van der Waals surface area contributed by atoms with E-state index in [4.69, 9.17) is 11.6 Å². The molecule has 1 fully saturated rings. The molecule has 1 nitrogen and oxygen atoms in total. The molecule has 0 N–H and O–H groups in total. The van der Waals surface area contributed by atoms with Crippen molar-refractivity contribution in [2.75, 3.05) is 14.1 Å². The Morgan fingerprint density at radius 1 is 1.20 bits per heavy atom. The third kappa shape index (κ3) is 1.86. The number of rotatable bonds is 1. The van der Waals surface area contributed by atoms with Crippen LogP contribution in [0.15, 0.2) is 0 Å². The van der Waals surface area contributed by atoms with Gasteiger partial charge in [0.25, 0.3) is 0 Å². The van der Waals surface area contributed by atoms with Gasteiger partial charge in [-0.2, -0.15) is 0 Å². The summed E-state index contributed by atoms with van der Waals surface area (Å²) in [5, 5.41) is 0.392. The monoisotopic (exact) mass is 161 g/mol. The molecule has 0 amide bonds. The van der Waals surface area contributed by atoms with Crippen LogP contribution < -0.4 is 0 Å². The smallest absolute Gasteiger partial charge is 0.0491 e. The highest BCUT2D eigenvalue weighted by Gasteiger charge is 2.24. The summed E-state index contributed by atoms with van der Waals surface area (Å²) in [7, 11) is 4.23. The van der Waals surface area contributed by atoms with Gasteiger partial charge in [0.15, 0.2) is 0 Å². The number of nitrogens with zero attached hydrogens (tertiary/aromatic N) is 1. The maximum absolute atomic E-state index is 6.14. The molecule has 0 radical (unpaired) electrons. The molecular formula is C8H16ClN. The highest BCUT2D eigenvalue weighted by atomic mass is 35.5. The second-order valence-electron chi connectivity index (χ2n) is 3.33. The molecule has 2 atom stereocenters. The van der Waals surface area contributed by atoms with Crippen molar-refractivity contribution in [1.29, 1.82) is 0 Å². The van der Waals surface area contributed by atoms with Crippen LogP contribution in [0.25, 0.3) is 0 Å². The zero-order chi connectivity index (χ0) is 7.56. The van der Waals surface area contributed by atoms with Crippen LogP contribution in [0.3, 0.4) is 0 Å². The molecule has 0 aliphatic heterocycles. The molecular weight excluding hydrogens is 146 g/mol. The lowest BCUT2D eigenvalue weighted by Crippen LogP contribution is -2.38. The molecule has 1 saturated carbocycles. The first-order chi connectivity index (χ1) is 4.72. The lowest BCUT2D eigenvalue weighted by molar-refractivity contribution is 0.233. The fourth-order valence-corrected chi connectivity index (χ4v) is 2.15. The van der Waals surface area contributed by atoms with E-state index < -0.39 is 0 Å². The summed E-state index contributed by atoms with van der Waals surface area (Å²) < 4.78 is 0. The van der Waals surface area contributed by atoms with Gasteiger partial charge in [-0.25, -0.2) is 0 Å². The molecule has 1 rings (SSSR count). The van der Waals surface area contributed by atoms with Gasteiger partial charge in [-0.3, -0.25) is 0 Å². The van der Waals surface area contributed by atoms with Crippen molar-refractivity contribution in [3.05, 3.63) is 0 Å². The van der Waals surface area contributed by atoms with Gasteiger partial charge in [-0.05, 0) is 26.9 Å². The van der Waals surface area contributed by atoms with Crippen LogP contribution >= 0.6 is 11.6 Å². The Bertz CT molecular complexity index is 103. The summed E-state index contributed by atoms with van der Waals surface area (Å²) in [5.41, 5.74) is 0. The minimum absolute atomic E-state index is 0.392. The molecule has 0 spiro atoms. The van der Waals surface area contributed by atoms with E-state index in [2.05, 4.69) is 19.0 Å². The number of halogens is 1. The first-order valence-corrected chi connectivity index (χ1v) is 4.46. The topological polar surface area (TPSA) is 3.24 Å². The van der Waals surface area contributed by atoms with Crippen LogP contribution in [-0.2, 0) is 0 Å². The molecule has 1 aliphatic carbocycles. The lowest BCUT2D eigenvalue weighted by Gasteiger charge is -2.32. The Balaban J connectivity index is 2.40. The molecule has 1 aliphatic rings. The predicted octanol–water partition coefficient (Wildman–Crippen LogP) is 2.10. The van der Waals surface area contributed by atoms with Crippen molar-refractivity contribution in [2.45, 2.75) is 37.1 Å². The van der Waals surface area contributed by atoms with Crippen molar-refractivity contribution in [1.82, 2.24) is 4.90 Å². The first kappa shape index (κ1) is 8.35. The van der Waals surface area contributed by atoms with E-state index in [1.165, 1.54) is 25.7 Å². The molecule has 2 heteroatoms. The molecule has 0 saturated heterocycles. The van der Waals surface area contributed by atoms with Gasteiger partial charge >= 0.3 is 0 Å². The first-order valence-electron chi connectivity index (χ1n) is 4.02. The van der Waals surface area contributed by atoms with Crippen molar-refractivity contribution in [2.24, 2.45) is 0 Å². The molecule has 0 aromatic carbocycles. The zero-order valence-corrected chi connectivity index (χ0v) is 7.56. The lowest BCUT2D eigenvalue weighted by atomic mass is 9.94. The second-order valence-corrected chi connectivity index (χ2v) is 3.89. The fraction of sp³-hybridized carbons (Fsp3) is 1.00. The SMILES string of the molecule is CN(C)[C@H]1CCCC[C@H]1Cl. The van der Waals surface area contributed by atoms with Gasteiger partial charge in [-0.15, -0.1) is 11.6 Å². The molecule has 0 unspecified atom stereocenters. The minimum Gasteiger partial charge on any atom is -0.305 e. The Kier molecular flexibility index (Phi) is 2.99. The van der Waals surface area contributed by atoms with Crippen molar-refractivity contribution in [3.63, 3.8) is 0 Å². The quantitative estimate of drug-likeness (QED) is 0.533. The average molecular weight is 162 g/mol. The van der Waals surface area contributed by atoms with E-state index in [1.807, 2.05) is 0 Å². The van der Waals surface area contributed by atoms with Gasteiger partial charge in [-0.1, -0.05) is 12.8 Å². The zero-order valence-electron chi connectivity index (χ0n) is 6.81. The second kappa shape index (κ2) is 3.59. The van der Waals surface area contributed by atoms with Crippen LogP contribution in [0.2, 0.25) is 0 Å². The predicted molar refractivity (Wildman–Crippen MR) is 45.6 cm³/mol. The summed E-state index contributed by atoms with van der Waals surface area (Å²) in [6, 6.07) is 0.621. The van der Waals surface area contributed by atoms with E-state index >= 15 is 0 Å². The van der Waals surface area contributed by atoms with Crippen LogP contribution in [0.4, 0.5) is 0 Å². The van der Waals surface area contributed by atoms with Gasteiger partial charge in [0.1, 0.15) is 0 Å². The van der Waals surface area contributed by atoms with Gasteiger partial charge in [0.2, 0.25) is 0 Å². The number of hydrogen-bond acceptors (Lipinski definition) is 1. The maximum Gasteiger partial charge on any atom is 0.0491 e. The average Bonchev–Trinajstić information content (AvgIpc) is 1.88. The summed E-state index contributed by atoms with van der Waals surface area (Å²) in [5.74, 6) is 0. The van der Waals surface area contributed by atoms with E-state index in [0.717, 1.165) is 0 Å². The van der Waals surface area contributed by atoms with E-state index in [9.17, 15) is 0 Å². The van der Waals surface area contributed by atoms with Crippen LogP contribution in [0.5, 0.6) is 0 Å². The highest BCUT2D eigenvalue weighted by molar-refractivity contribution is 6.21. The van der Waals surface area contributed by atoms with Crippen molar-refractivity contribution < 1.29 is 0 Å². The van der Waals surface area contributed by atoms with Crippen LogP contribution in [0.1, 0.15) is 25.7 Å². The number of hydrogen-bond donors (Lipinski definition) is 0. The van der Waals surface area contributed by atoms with Crippen molar-refractivity contribution >= 4 is 11.6 Å². The molecule has 0 aromatic heterocycles. The van der Waals surface area contributed by atoms with E-state index in [1.54, 1.807) is 0 Å². The van der Waals surface area contributed by atoms with E-state index in [-0.39, 0.29) is 0 Å². The van der Waals surface area contributed by atoms with Crippen LogP contribution in [-0.4, -0.2) is 30.4 Å². The summed E-state index contributed by atoms with van der Waals surface area (Å²) in [6.07, 6.45) is 5.15. The molecule has 0 aromatic rings. The molecule has 10 heavy (non-hydrogen) atoms. The third-order valence-corrected chi connectivity index (χ3v) is 2.82. The summed E-state index contributed by atoms with van der Waals surface area (Å²) in [6.45, 7) is 0. The standard InChI is InChI=1S/C8H16ClN/c1-10(2)8-6-4-3-5-7(8)9/h7-8H,3-6H2,1-2H3/t7-,8+/m1/s1. The molecule has 60 valence electrons. The third-order valence-electron chi connectivity index (χ3n) is 2.31. The highest BCUT2D eigenvalue weighted by Crippen LogP contribution is 2.25. The van der Waals surface area contributed by atoms with Gasteiger partial charge < -0.3 is 4.90 Å². The van der Waals surface area contributed by atoms with Gasteiger partial charge in [0, 0.05) is 11.4 Å². The minimum atomic E-state index is 0.392. The fourth-order valence-electron chi connectivity index (χ4n) is 1.65. The summed E-state index contributed by atoms with van der Waals surface area (Å²) >= 11 is 6.14. The maximum atomic E-state index is 6.14. The largest absolute Gasteiger partial charge is 0.305 e. The molecule has 0 bridgehead atoms. The Hall–Kier alpha value is 0.250. The Morgan fingerprint density at radius 2 is 1.80 bits per heavy atom.